The molecule has 0 atom stereocenters. The zero-order valence-corrected chi connectivity index (χ0v) is 13.4. The summed E-state index contributed by atoms with van der Waals surface area (Å²) >= 11 is 0. The number of ether oxygens (including phenoxy) is 1. The molecule has 0 aromatic heterocycles. The molecule has 0 heterocycles. The van der Waals surface area contributed by atoms with Gasteiger partial charge < -0.3 is 24.9 Å². The molecule has 0 rings (SSSR count). The van der Waals surface area contributed by atoms with E-state index in [0.29, 0.717) is 13.0 Å². The molecule has 0 saturated heterocycles. The molecule has 22 heavy (non-hydrogen) atoms. The van der Waals surface area contributed by atoms with Crippen molar-refractivity contribution in [1.82, 2.24) is 0 Å². The van der Waals surface area contributed by atoms with Gasteiger partial charge in [-0.2, -0.15) is 0 Å². The second kappa shape index (κ2) is 20.9. The summed E-state index contributed by atoms with van der Waals surface area (Å²) in [5.41, 5.74) is 0. The van der Waals surface area contributed by atoms with Gasteiger partial charge in [0.15, 0.2) is 0 Å². The molecule has 9 heteroatoms. The summed E-state index contributed by atoms with van der Waals surface area (Å²) in [7, 11) is 0. The number of esters is 1. The number of hydrogen-bond donors (Lipinski definition) is 3. The molecule has 0 aromatic carbocycles. The molecule has 0 radical (unpaired) electrons. The van der Waals surface area contributed by atoms with Crippen LogP contribution in [0, 0.1) is 0 Å². The van der Waals surface area contributed by atoms with Crippen molar-refractivity contribution >= 4 is 29.7 Å². The summed E-state index contributed by atoms with van der Waals surface area (Å²) < 4.78 is 4.60. The maximum Gasteiger partial charge on any atom is 0.306 e. The zero-order chi connectivity index (χ0) is 18.7. The van der Waals surface area contributed by atoms with E-state index < -0.39 is 17.9 Å². The molecule has 0 fully saturated rings. The van der Waals surface area contributed by atoms with Gasteiger partial charge in [-0.25, -0.2) is 0 Å². The number of Topliss-reactive ketones (excluding diaryl/α,β-unsaturated/α-hetero) is 1. The van der Waals surface area contributed by atoms with Gasteiger partial charge in [-0.3, -0.25) is 19.2 Å². The number of hydrogen-bond acceptors (Lipinski definition) is 6. The van der Waals surface area contributed by atoms with Crippen LogP contribution in [0.1, 0.15) is 47.5 Å². The van der Waals surface area contributed by atoms with Gasteiger partial charge in [0, 0.05) is 27.2 Å². The predicted octanol–water partition coefficient (Wildman–Crippen LogP) is 1.19. The van der Waals surface area contributed by atoms with E-state index in [1.54, 1.807) is 6.92 Å². The fourth-order valence-corrected chi connectivity index (χ4v) is 0.511. The van der Waals surface area contributed by atoms with E-state index >= 15 is 0 Å². The van der Waals surface area contributed by atoms with Crippen molar-refractivity contribution in [3.63, 3.8) is 0 Å². The molecule has 0 saturated carbocycles. The summed E-state index contributed by atoms with van der Waals surface area (Å²) in [6.45, 7) is 6.83. The molecule has 0 aliphatic heterocycles. The monoisotopic (exact) mass is 324 g/mol. The Balaban J connectivity index is -0.000000112. The Bertz CT molecular complexity index is 307. The van der Waals surface area contributed by atoms with E-state index in [1.165, 1.54) is 6.92 Å². The van der Waals surface area contributed by atoms with Gasteiger partial charge in [0.05, 0.1) is 13.0 Å². The highest BCUT2D eigenvalue weighted by molar-refractivity contribution is 5.80. The fraction of sp³-hybridized carbons (Fsp3) is 0.615. The predicted molar refractivity (Wildman–Crippen MR) is 76.5 cm³/mol. The third-order valence-corrected chi connectivity index (χ3v) is 0.987. The Hall–Kier alpha value is -2.45. The quantitative estimate of drug-likeness (QED) is 0.646. The van der Waals surface area contributed by atoms with Crippen LogP contribution in [-0.4, -0.2) is 51.6 Å². The standard InChI is InChI=1S/C7H12O3.3C2H4O2/c1-3-10-7(9)5-4-6(2)8;3*1-2(3)4/h3-5H2,1-2H3;3*1H3,(H,3,4). The minimum atomic E-state index is -0.833. The Morgan fingerprint density at radius 1 is 0.727 bits per heavy atom. The second-order valence-electron chi connectivity index (χ2n) is 3.56. The third-order valence-electron chi connectivity index (χ3n) is 0.987. The fourth-order valence-electron chi connectivity index (χ4n) is 0.511. The van der Waals surface area contributed by atoms with E-state index in [2.05, 4.69) is 4.74 Å². The molecule has 0 aromatic rings. The van der Waals surface area contributed by atoms with Gasteiger partial charge in [0.25, 0.3) is 17.9 Å². The number of carboxylic acid groups (broad SMARTS) is 3. The van der Waals surface area contributed by atoms with Gasteiger partial charge in [-0.05, 0) is 13.8 Å². The van der Waals surface area contributed by atoms with Gasteiger partial charge in [-0.15, -0.1) is 0 Å². The number of rotatable bonds is 4. The Labute approximate surface area is 128 Å². The molecule has 0 amide bonds. The van der Waals surface area contributed by atoms with Gasteiger partial charge in [0.1, 0.15) is 5.78 Å². The van der Waals surface area contributed by atoms with Crippen LogP contribution in [0.25, 0.3) is 0 Å². The van der Waals surface area contributed by atoms with Crippen molar-refractivity contribution in [1.29, 1.82) is 0 Å². The zero-order valence-electron chi connectivity index (χ0n) is 13.4. The lowest BCUT2D eigenvalue weighted by Gasteiger charge is -1.97. The highest BCUT2D eigenvalue weighted by Crippen LogP contribution is 1.92. The van der Waals surface area contributed by atoms with Crippen LogP contribution in [0.5, 0.6) is 0 Å². The Kier molecular flexibility index (Phi) is 26.4. The van der Waals surface area contributed by atoms with Crippen LogP contribution in [-0.2, 0) is 28.7 Å². The SMILES string of the molecule is CC(=O)O.CC(=O)O.CC(=O)O.CCOC(=O)CCC(C)=O. The van der Waals surface area contributed by atoms with E-state index in [1.807, 2.05) is 0 Å². The molecule has 0 aliphatic carbocycles. The summed E-state index contributed by atoms with van der Waals surface area (Å²) in [4.78, 5) is 47.9. The van der Waals surface area contributed by atoms with Crippen molar-refractivity contribution in [2.75, 3.05) is 6.61 Å². The first-order valence-electron chi connectivity index (χ1n) is 6.10. The lowest BCUT2D eigenvalue weighted by Crippen LogP contribution is -2.05. The molecule has 0 aliphatic rings. The van der Waals surface area contributed by atoms with Crippen LogP contribution in [0.15, 0.2) is 0 Å². The van der Waals surface area contributed by atoms with Crippen LogP contribution in [0.2, 0.25) is 0 Å². The van der Waals surface area contributed by atoms with Crippen LogP contribution < -0.4 is 0 Å². The first-order chi connectivity index (χ1) is 9.86. The van der Waals surface area contributed by atoms with Crippen molar-refractivity contribution in [2.24, 2.45) is 0 Å². The van der Waals surface area contributed by atoms with Gasteiger partial charge in [0.2, 0.25) is 0 Å². The van der Waals surface area contributed by atoms with Crippen LogP contribution in [0.3, 0.4) is 0 Å². The molecule has 0 unspecified atom stereocenters. The lowest BCUT2D eigenvalue weighted by atomic mass is 10.2. The molecule has 3 N–H and O–H groups in total. The summed E-state index contributed by atoms with van der Waals surface area (Å²) in [5.74, 6) is -2.77. The first-order valence-corrected chi connectivity index (χ1v) is 6.10. The molecule has 9 nitrogen and oxygen atoms in total. The first kappa shape index (κ1) is 27.8. The van der Waals surface area contributed by atoms with Crippen molar-refractivity contribution in [3.05, 3.63) is 0 Å². The highest BCUT2D eigenvalue weighted by Gasteiger charge is 2.02. The van der Waals surface area contributed by atoms with E-state index in [0.717, 1.165) is 20.8 Å². The summed E-state index contributed by atoms with van der Waals surface area (Å²) in [5, 5.41) is 22.2. The maximum absolute atomic E-state index is 10.6. The minimum absolute atomic E-state index is 0.0213. The number of carboxylic acids is 3. The van der Waals surface area contributed by atoms with Gasteiger partial charge >= 0.3 is 5.97 Å². The molecular weight excluding hydrogens is 300 g/mol. The molecule has 130 valence electrons. The van der Waals surface area contributed by atoms with Gasteiger partial charge in [-0.1, -0.05) is 0 Å². The highest BCUT2D eigenvalue weighted by atomic mass is 16.5. The van der Waals surface area contributed by atoms with Crippen molar-refractivity contribution in [3.8, 4) is 0 Å². The van der Waals surface area contributed by atoms with Crippen LogP contribution >= 0.6 is 0 Å². The summed E-state index contributed by atoms with van der Waals surface area (Å²) in [6.07, 6.45) is 0.502. The second-order valence-corrected chi connectivity index (χ2v) is 3.56. The number of carbonyl (C=O) groups excluding carboxylic acids is 2. The topological polar surface area (TPSA) is 155 Å². The smallest absolute Gasteiger partial charge is 0.306 e. The largest absolute Gasteiger partial charge is 0.481 e. The van der Waals surface area contributed by atoms with Crippen LogP contribution in [0.4, 0.5) is 0 Å². The van der Waals surface area contributed by atoms with E-state index in [-0.39, 0.29) is 18.2 Å². The van der Waals surface area contributed by atoms with E-state index in [9.17, 15) is 9.59 Å². The normalized spacial score (nSPS) is 7.50. The van der Waals surface area contributed by atoms with Crippen molar-refractivity contribution < 1.29 is 44.0 Å². The maximum atomic E-state index is 10.6. The molecular formula is C13H24O9. The third kappa shape index (κ3) is 156. The number of carbonyl (C=O) groups is 5. The number of aliphatic carboxylic acids is 3. The molecule has 0 bridgehead atoms. The van der Waals surface area contributed by atoms with Crippen molar-refractivity contribution in [2.45, 2.75) is 47.5 Å². The number of ketones is 1. The Morgan fingerprint density at radius 3 is 1.18 bits per heavy atom. The minimum Gasteiger partial charge on any atom is -0.481 e. The average molecular weight is 324 g/mol. The molecule has 0 spiro atoms. The lowest BCUT2D eigenvalue weighted by molar-refractivity contribution is -0.144. The average Bonchev–Trinajstić information content (AvgIpc) is 2.24. The Morgan fingerprint density at radius 2 is 1.00 bits per heavy atom. The summed E-state index contributed by atoms with van der Waals surface area (Å²) in [6, 6.07) is 0. The van der Waals surface area contributed by atoms with E-state index in [4.69, 9.17) is 29.7 Å².